The first-order valence-corrected chi connectivity index (χ1v) is 9.55. The normalized spacial score (nSPS) is 15.2. The van der Waals surface area contributed by atoms with E-state index in [1.165, 1.54) is 5.56 Å². The minimum atomic E-state index is 0. The summed E-state index contributed by atoms with van der Waals surface area (Å²) in [5, 5.41) is 11.0. The van der Waals surface area contributed by atoms with Crippen molar-refractivity contribution < 1.29 is 0 Å². The molecule has 1 aliphatic heterocycles. The minimum Gasteiger partial charge on any atom is -0.356 e. The van der Waals surface area contributed by atoms with Crippen LogP contribution >= 0.6 is 24.0 Å². The molecule has 0 amide bonds. The van der Waals surface area contributed by atoms with Crippen molar-refractivity contribution >= 4 is 35.8 Å². The number of anilines is 1. The predicted octanol–water partition coefficient (Wildman–Crippen LogP) is 1.40. The number of likely N-dealkylation sites (N-methyl/N-ethyl adjacent to an activating group) is 1. The fourth-order valence-electron chi connectivity index (χ4n) is 3.15. The number of aryl methyl sites for hydroxylation is 1. The van der Waals surface area contributed by atoms with Gasteiger partial charge in [-0.2, -0.15) is 5.10 Å². The van der Waals surface area contributed by atoms with E-state index < -0.39 is 0 Å². The number of aromatic nitrogens is 3. The highest BCUT2D eigenvalue weighted by molar-refractivity contribution is 14.0. The van der Waals surface area contributed by atoms with Crippen molar-refractivity contribution in [1.29, 1.82) is 0 Å². The molecule has 2 aromatic heterocycles. The van der Waals surface area contributed by atoms with Crippen LogP contribution in [-0.4, -0.2) is 72.4 Å². The molecule has 0 radical (unpaired) electrons. The van der Waals surface area contributed by atoms with Crippen molar-refractivity contribution in [3.8, 4) is 0 Å². The Hall–Kier alpha value is -1.88. The average Bonchev–Trinajstić information content (AvgIpc) is 3.22. The number of rotatable bonds is 7. The molecule has 8 nitrogen and oxygen atoms in total. The second kappa shape index (κ2) is 11.8. The lowest BCUT2D eigenvalue weighted by molar-refractivity contribution is 0.312. The van der Waals surface area contributed by atoms with Gasteiger partial charge in [0.05, 0.1) is 0 Å². The third-order valence-corrected chi connectivity index (χ3v) is 4.76. The van der Waals surface area contributed by atoms with Gasteiger partial charge < -0.3 is 20.4 Å². The second-order valence-electron chi connectivity index (χ2n) is 6.75. The lowest BCUT2D eigenvalue weighted by Crippen LogP contribution is -2.45. The maximum Gasteiger partial charge on any atom is 0.191 e. The van der Waals surface area contributed by atoms with E-state index in [-0.39, 0.29) is 24.0 Å². The number of hydrogen-bond acceptors (Lipinski definition) is 5. The Kier molecular flexibility index (Phi) is 9.48. The summed E-state index contributed by atoms with van der Waals surface area (Å²) in [5.41, 5.74) is 1.20. The van der Waals surface area contributed by atoms with Crippen LogP contribution < -0.4 is 15.5 Å². The fourth-order valence-corrected chi connectivity index (χ4v) is 3.15. The first-order chi connectivity index (χ1) is 13.3. The van der Waals surface area contributed by atoms with Crippen LogP contribution in [0.5, 0.6) is 0 Å². The molecule has 0 saturated carbocycles. The molecule has 3 rings (SSSR count). The van der Waals surface area contributed by atoms with Gasteiger partial charge >= 0.3 is 0 Å². The Morgan fingerprint density at radius 3 is 2.68 bits per heavy atom. The van der Waals surface area contributed by atoms with Crippen molar-refractivity contribution in [2.75, 3.05) is 51.7 Å². The molecule has 154 valence electrons. The predicted molar refractivity (Wildman–Crippen MR) is 124 cm³/mol. The van der Waals surface area contributed by atoms with Crippen molar-refractivity contribution in [2.45, 2.75) is 19.5 Å². The zero-order valence-corrected chi connectivity index (χ0v) is 19.0. The van der Waals surface area contributed by atoms with Gasteiger partial charge in [0.15, 0.2) is 5.96 Å². The number of nitrogens with one attached hydrogen (secondary N) is 2. The largest absolute Gasteiger partial charge is 0.356 e. The van der Waals surface area contributed by atoms with Crippen LogP contribution in [0.4, 0.5) is 5.82 Å². The SMILES string of the molecule is CN=C(NCCCn1cccn1)NCc1cccnc1N1CCN(C)CC1.I. The molecule has 0 atom stereocenters. The molecule has 3 heterocycles. The molecule has 0 unspecified atom stereocenters. The molecule has 9 heteroatoms. The molecule has 0 aromatic carbocycles. The van der Waals surface area contributed by atoms with Gasteiger partial charge in [-0.1, -0.05) is 6.07 Å². The summed E-state index contributed by atoms with van der Waals surface area (Å²) in [5.74, 6) is 1.89. The summed E-state index contributed by atoms with van der Waals surface area (Å²) in [6.07, 6.45) is 6.65. The first-order valence-electron chi connectivity index (χ1n) is 9.55. The molecule has 0 aliphatic carbocycles. The van der Waals surface area contributed by atoms with Crippen molar-refractivity contribution in [3.63, 3.8) is 0 Å². The van der Waals surface area contributed by atoms with Gasteiger partial charge in [-0.25, -0.2) is 4.98 Å². The van der Waals surface area contributed by atoms with E-state index in [1.54, 1.807) is 13.2 Å². The van der Waals surface area contributed by atoms with Gasteiger partial charge in [0.25, 0.3) is 0 Å². The lowest BCUT2D eigenvalue weighted by Gasteiger charge is -2.34. The van der Waals surface area contributed by atoms with E-state index in [4.69, 9.17) is 0 Å². The molecular formula is C19H31IN8. The molecule has 2 aromatic rings. The van der Waals surface area contributed by atoms with Crippen LogP contribution in [0.1, 0.15) is 12.0 Å². The highest BCUT2D eigenvalue weighted by Crippen LogP contribution is 2.18. The summed E-state index contributed by atoms with van der Waals surface area (Å²) < 4.78 is 1.94. The Morgan fingerprint density at radius 2 is 1.96 bits per heavy atom. The number of guanidine groups is 1. The zero-order chi connectivity index (χ0) is 18.9. The topological polar surface area (TPSA) is 73.6 Å². The summed E-state index contributed by atoms with van der Waals surface area (Å²) in [7, 11) is 3.97. The highest BCUT2D eigenvalue weighted by atomic mass is 127. The molecule has 2 N–H and O–H groups in total. The van der Waals surface area contributed by atoms with Gasteiger partial charge in [0, 0.05) is 77.0 Å². The van der Waals surface area contributed by atoms with E-state index in [1.807, 2.05) is 29.2 Å². The standard InChI is InChI=1S/C19H30N8.HI/c1-20-19(22-8-4-10-27-11-5-9-24-27)23-16-17-6-3-7-21-18(17)26-14-12-25(2)13-15-26;/h3,5-7,9,11H,4,8,10,12-16H2,1-2H3,(H2,20,22,23);1H. The van der Waals surface area contributed by atoms with Gasteiger partial charge in [-0.3, -0.25) is 9.67 Å². The van der Waals surface area contributed by atoms with E-state index in [0.717, 1.165) is 57.5 Å². The minimum absolute atomic E-state index is 0. The summed E-state index contributed by atoms with van der Waals surface area (Å²) in [6, 6.07) is 6.08. The molecule has 0 bridgehead atoms. The van der Waals surface area contributed by atoms with E-state index in [9.17, 15) is 0 Å². The molecule has 1 aliphatic rings. The maximum atomic E-state index is 4.63. The van der Waals surface area contributed by atoms with Gasteiger partial charge in [0.1, 0.15) is 5.82 Å². The number of pyridine rings is 1. The van der Waals surface area contributed by atoms with E-state index >= 15 is 0 Å². The Bertz CT molecular complexity index is 710. The number of hydrogen-bond donors (Lipinski definition) is 2. The van der Waals surface area contributed by atoms with E-state index in [2.05, 4.69) is 48.6 Å². The van der Waals surface area contributed by atoms with Crippen LogP contribution in [0.2, 0.25) is 0 Å². The Morgan fingerprint density at radius 1 is 1.14 bits per heavy atom. The number of nitrogens with zero attached hydrogens (tertiary/aromatic N) is 6. The Labute approximate surface area is 184 Å². The number of aliphatic imine (C=N–C) groups is 1. The third-order valence-electron chi connectivity index (χ3n) is 4.76. The second-order valence-corrected chi connectivity index (χ2v) is 6.75. The van der Waals surface area contributed by atoms with Crippen molar-refractivity contribution in [2.24, 2.45) is 4.99 Å². The van der Waals surface area contributed by atoms with Crippen LogP contribution in [0, 0.1) is 0 Å². The van der Waals surface area contributed by atoms with Crippen LogP contribution in [0.3, 0.4) is 0 Å². The van der Waals surface area contributed by atoms with E-state index in [0.29, 0.717) is 6.54 Å². The van der Waals surface area contributed by atoms with Crippen molar-refractivity contribution in [3.05, 3.63) is 42.4 Å². The van der Waals surface area contributed by atoms with Crippen LogP contribution in [0.25, 0.3) is 0 Å². The smallest absolute Gasteiger partial charge is 0.191 e. The average molecular weight is 498 g/mol. The quantitative estimate of drug-likeness (QED) is 0.260. The summed E-state index contributed by atoms with van der Waals surface area (Å²) >= 11 is 0. The summed E-state index contributed by atoms with van der Waals surface area (Å²) in [6.45, 7) is 6.62. The number of halogens is 1. The molecule has 0 spiro atoms. The fraction of sp³-hybridized carbons (Fsp3) is 0.526. The lowest BCUT2D eigenvalue weighted by atomic mass is 10.2. The third kappa shape index (κ3) is 6.62. The molecule has 1 saturated heterocycles. The van der Waals surface area contributed by atoms with Crippen LogP contribution in [-0.2, 0) is 13.1 Å². The summed E-state index contributed by atoms with van der Waals surface area (Å²) in [4.78, 5) is 13.7. The van der Waals surface area contributed by atoms with Gasteiger partial charge in [-0.05, 0) is 25.6 Å². The van der Waals surface area contributed by atoms with Crippen LogP contribution in [0.15, 0.2) is 41.8 Å². The monoisotopic (exact) mass is 498 g/mol. The molecular weight excluding hydrogens is 467 g/mol. The Balaban J connectivity index is 0.00000280. The highest BCUT2D eigenvalue weighted by Gasteiger charge is 2.17. The van der Waals surface area contributed by atoms with Gasteiger partial charge in [-0.15, -0.1) is 24.0 Å². The molecule has 28 heavy (non-hydrogen) atoms. The maximum absolute atomic E-state index is 4.63. The molecule has 1 fully saturated rings. The van der Waals surface area contributed by atoms with Gasteiger partial charge in [0.2, 0.25) is 0 Å². The first kappa shape index (κ1) is 22.4. The number of piperazine rings is 1. The zero-order valence-electron chi connectivity index (χ0n) is 16.7. The van der Waals surface area contributed by atoms with Crippen molar-refractivity contribution in [1.82, 2.24) is 30.3 Å².